The Kier molecular flexibility index (Phi) is 6.73. The predicted molar refractivity (Wildman–Crippen MR) is 120 cm³/mol. The topological polar surface area (TPSA) is 96.2 Å². The number of phenolic OH excluding ortho intramolecular Hbond substituents is 2. The molecule has 0 spiro atoms. The molecule has 3 atom stereocenters. The molecule has 6 heteroatoms. The predicted octanol–water partition coefficient (Wildman–Crippen LogP) is 5.47. The van der Waals surface area contributed by atoms with Gasteiger partial charge in [0.15, 0.2) is 6.29 Å². The zero-order valence-electron chi connectivity index (χ0n) is 17.6. The van der Waals surface area contributed by atoms with Gasteiger partial charge in [0.25, 0.3) is 0 Å². The van der Waals surface area contributed by atoms with Crippen LogP contribution >= 0.6 is 0 Å². The molecule has 4 rings (SSSR count). The number of allylic oxidation sites excluding steroid dienone is 2. The highest BCUT2D eigenvalue weighted by atomic mass is 16.7. The Bertz CT molecular complexity index is 1120. The van der Waals surface area contributed by atoms with Crippen molar-refractivity contribution in [3.05, 3.63) is 83.9 Å². The molecule has 3 unspecified atom stereocenters. The molecule has 166 valence electrons. The lowest BCUT2D eigenvalue weighted by Gasteiger charge is -2.37. The van der Waals surface area contributed by atoms with E-state index in [1.807, 2.05) is 54.6 Å². The molecule has 3 aromatic carbocycles. The van der Waals surface area contributed by atoms with Crippen molar-refractivity contribution < 1.29 is 29.6 Å². The maximum absolute atomic E-state index is 10.7. The maximum Gasteiger partial charge on any atom is 0.303 e. The Labute approximate surface area is 186 Å². The number of aromatic hydroxyl groups is 2. The second kappa shape index (κ2) is 9.85. The van der Waals surface area contributed by atoms with Gasteiger partial charge in [0.2, 0.25) is 0 Å². The SMILES string of the molecule is O=C(O)CCC=CCC1COC(c2c(O)ccc3ccccc23)OC1c1ccccc1O. The largest absolute Gasteiger partial charge is 0.508 e. The smallest absolute Gasteiger partial charge is 0.303 e. The standard InChI is InChI=1S/C26H26O6/c27-21-12-7-6-11-20(21)25-18(9-2-1-3-13-23(29)30)16-31-26(32-25)24-19-10-5-4-8-17(19)14-15-22(24)28/h1-2,4-8,10-12,14-15,18,25-28H,3,9,13,16H2,(H,29,30). The highest BCUT2D eigenvalue weighted by molar-refractivity contribution is 5.87. The monoisotopic (exact) mass is 434 g/mol. The molecule has 0 saturated carbocycles. The summed E-state index contributed by atoms with van der Waals surface area (Å²) in [6, 6.07) is 18.3. The minimum atomic E-state index is -0.830. The van der Waals surface area contributed by atoms with Crippen molar-refractivity contribution in [1.29, 1.82) is 0 Å². The lowest BCUT2D eigenvalue weighted by atomic mass is 9.91. The minimum absolute atomic E-state index is 0.0828. The molecule has 0 aromatic heterocycles. The first-order chi connectivity index (χ1) is 15.5. The van der Waals surface area contributed by atoms with Gasteiger partial charge in [-0.25, -0.2) is 0 Å². The molecule has 0 radical (unpaired) electrons. The van der Waals surface area contributed by atoms with E-state index in [-0.39, 0.29) is 23.8 Å². The van der Waals surface area contributed by atoms with E-state index in [4.69, 9.17) is 14.6 Å². The van der Waals surface area contributed by atoms with Crippen LogP contribution in [0.25, 0.3) is 10.8 Å². The van der Waals surface area contributed by atoms with Crippen LogP contribution < -0.4 is 0 Å². The molecule has 1 fully saturated rings. The number of fused-ring (bicyclic) bond motifs is 1. The average molecular weight is 434 g/mol. The molecular formula is C26H26O6. The third-order valence-electron chi connectivity index (χ3n) is 5.72. The molecule has 1 heterocycles. The van der Waals surface area contributed by atoms with Crippen LogP contribution in [-0.2, 0) is 14.3 Å². The van der Waals surface area contributed by atoms with Gasteiger partial charge in [-0.2, -0.15) is 0 Å². The molecule has 3 N–H and O–H groups in total. The molecule has 3 aromatic rings. The van der Waals surface area contributed by atoms with E-state index >= 15 is 0 Å². The number of aliphatic carboxylic acids is 1. The van der Waals surface area contributed by atoms with Gasteiger partial charge in [-0.05, 0) is 35.7 Å². The van der Waals surface area contributed by atoms with Gasteiger partial charge in [-0.15, -0.1) is 0 Å². The molecule has 1 aliphatic rings. The molecule has 0 bridgehead atoms. The van der Waals surface area contributed by atoms with Gasteiger partial charge in [0, 0.05) is 17.9 Å². The van der Waals surface area contributed by atoms with Gasteiger partial charge in [-0.3, -0.25) is 4.79 Å². The van der Waals surface area contributed by atoms with E-state index in [2.05, 4.69) is 0 Å². The van der Waals surface area contributed by atoms with Gasteiger partial charge in [0.1, 0.15) is 11.5 Å². The van der Waals surface area contributed by atoms with Crippen LogP contribution in [0.15, 0.2) is 72.8 Å². The minimum Gasteiger partial charge on any atom is -0.508 e. The average Bonchev–Trinajstić information content (AvgIpc) is 2.79. The van der Waals surface area contributed by atoms with Crippen molar-refractivity contribution in [3.63, 3.8) is 0 Å². The van der Waals surface area contributed by atoms with Crippen LogP contribution in [0.1, 0.15) is 42.8 Å². The van der Waals surface area contributed by atoms with Crippen molar-refractivity contribution in [1.82, 2.24) is 0 Å². The van der Waals surface area contributed by atoms with Crippen molar-refractivity contribution in [3.8, 4) is 11.5 Å². The normalized spacial score (nSPS) is 21.2. The summed E-state index contributed by atoms with van der Waals surface area (Å²) in [7, 11) is 0. The number of rotatable bonds is 7. The molecule has 1 saturated heterocycles. The number of carboxylic acid groups (broad SMARTS) is 1. The van der Waals surface area contributed by atoms with E-state index in [0.29, 0.717) is 30.6 Å². The summed E-state index contributed by atoms with van der Waals surface area (Å²) in [5, 5.41) is 31.7. The third kappa shape index (κ3) is 4.77. The number of hydrogen-bond acceptors (Lipinski definition) is 5. The van der Waals surface area contributed by atoms with Crippen molar-refractivity contribution >= 4 is 16.7 Å². The zero-order chi connectivity index (χ0) is 22.5. The first kappa shape index (κ1) is 21.9. The van der Waals surface area contributed by atoms with Crippen LogP contribution in [-0.4, -0.2) is 27.9 Å². The van der Waals surface area contributed by atoms with Crippen LogP contribution in [0, 0.1) is 5.92 Å². The number of phenols is 2. The number of benzene rings is 3. The second-order valence-electron chi connectivity index (χ2n) is 7.90. The van der Waals surface area contributed by atoms with Crippen molar-refractivity contribution in [2.75, 3.05) is 6.61 Å². The Hall–Kier alpha value is -3.35. The Morgan fingerprint density at radius 3 is 2.56 bits per heavy atom. The Morgan fingerprint density at radius 1 is 0.969 bits per heavy atom. The Morgan fingerprint density at radius 2 is 1.75 bits per heavy atom. The van der Waals surface area contributed by atoms with E-state index in [1.54, 1.807) is 18.2 Å². The summed E-state index contributed by atoms with van der Waals surface area (Å²) in [6.07, 6.45) is 3.67. The van der Waals surface area contributed by atoms with Crippen LogP contribution in [0.4, 0.5) is 0 Å². The quantitative estimate of drug-likeness (QED) is 0.427. The number of ether oxygens (including phenoxy) is 2. The summed E-state index contributed by atoms with van der Waals surface area (Å²) < 4.78 is 12.4. The third-order valence-corrected chi connectivity index (χ3v) is 5.72. The van der Waals surface area contributed by atoms with Gasteiger partial charge in [-0.1, -0.05) is 60.7 Å². The number of carboxylic acids is 1. The lowest BCUT2D eigenvalue weighted by Crippen LogP contribution is -2.30. The van der Waals surface area contributed by atoms with Gasteiger partial charge in [0.05, 0.1) is 18.3 Å². The van der Waals surface area contributed by atoms with E-state index in [1.165, 1.54) is 0 Å². The van der Waals surface area contributed by atoms with Gasteiger partial charge >= 0.3 is 5.97 Å². The highest BCUT2D eigenvalue weighted by Gasteiger charge is 2.36. The lowest BCUT2D eigenvalue weighted by molar-refractivity contribution is -0.244. The first-order valence-electron chi connectivity index (χ1n) is 10.7. The molecule has 6 nitrogen and oxygen atoms in total. The summed E-state index contributed by atoms with van der Waals surface area (Å²) in [4.78, 5) is 10.7. The van der Waals surface area contributed by atoms with E-state index < -0.39 is 18.4 Å². The fraction of sp³-hybridized carbons (Fsp3) is 0.269. The molecular weight excluding hydrogens is 408 g/mol. The van der Waals surface area contributed by atoms with Crippen molar-refractivity contribution in [2.45, 2.75) is 31.7 Å². The van der Waals surface area contributed by atoms with Crippen molar-refractivity contribution in [2.24, 2.45) is 5.92 Å². The fourth-order valence-corrected chi connectivity index (χ4v) is 4.11. The van der Waals surface area contributed by atoms with Gasteiger partial charge < -0.3 is 24.8 Å². The summed E-state index contributed by atoms with van der Waals surface area (Å²) in [5.41, 5.74) is 1.23. The molecule has 0 amide bonds. The fourth-order valence-electron chi connectivity index (χ4n) is 4.11. The summed E-state index contributed by atoms with van der Waals surface area (Å²) in [5.74, 6) is -0.682. The molecule has 32 heavy (non-hydrogen) atoms. The molecule has 1 aliphatic heterocycles. The summed E-state index contributed by atoms with van der Waals surface area (Å²) in [6.45, 7) is 0.357. The van der Waals surface area contributed by atoms with Crippen LogP contribution in [0.5, 0.6) is 11.5 Å². The summed E-state index contributed by atoms with van der Waals surface area (Å²) >= 11 is 0. The maximum atomic E-state index is 10.7. The van der Waals surface area contributed by atoms with Crippen LogP contribution in [0.2, 0.25) is 0 Å². The van der Waals surface area contributed by atoms with E-state index in [0.717, 1.165) is 10.8 Å². The zero-order valence-corrected chi connectivity index (χ0v) is 17.6. The molecule has 0 aliphatic carbocycles. The number of para-hydroxylation sites is 1. The number of carbonyl (C=O) groups is 1. The van der Waals surface area contributed by atoms with Crippen LogP contribution in [0.3, 0.4) is 0 Å². The Balaban J connectivity index is 1.62. The first-order valence-corrected chi connectivity index (χ1v) is 10.7. The van der Waals surface area contributed by atoms with E-state index in [9.17, 15) is 15.0 Å². The highest BCUT2D eigenvalue weighted by Crippen LogP contribution is 2.45. The number of hydrogen-bond donors (Lipinski definition) is 3. The second-order valence-corrected chi connectivity index (χ2v) is 7.90.